The van der Waals surface area contributed by atoms with Gasteiger partial charge in [-0.3, -0.25) is 9.78 Å². The van der Waals surface area contributed by atoms with E-state index in [-0.39, 0.29) is 12.6 Å². The minimum Gasteiger partial charge on any atom is -0.396 e. The van der Waals surface area contributed by atoms with Crippen LogP contribution >= 0.6 is 11.3 Å². The Kier molecular flexibility index (Phi) is 6.43. The Hall–Kier alpha value is -2.93. The molecule has 1 amide bonds. The van der Waals surface area contributed by atoms with Crippen LogP contribution in [0.4, 0.5) is 11.8 Å². The number of carbonyl (C=O) groups is 1. The maximum atomic E-state index is 11.5. The molecule has 33 heavy (non-hydrogen) atoms. The fourth-order valence-corrected chi connectivity index (χ4v) is 5.09. The third kappa shape index (κ3) is 4.47. The number of pyridine rings is 1. The second kappa shape index (κ2) is 9.14. The van der Waals surface area contributed by atoms with Gasteiger partial charge in [-0.05, 0) is 33.3 Å². The Morgan fingerprint density at radius 2 is 2.00 bits per heavy atom. The first-order valence-corrected chi connectivity index (χ1v) is 11.4. The van der Waals surface area contributed by atoms with Crippen molar-refractivity contribution in [1.82, 2.24) is 19.9 Å². The number of fused-ring (bicyclic) bond motifs is 1. The van der Waals surface area contributed by atoms with Crippen LogP contribution in [-0.2, 0) is 4.79 Å². The van der Waals surface area contributed by atoms with Crippen LogP contribution in [0.2, 0.25) is 0 Å². The number of hydrogen-bond acceptors (Lipinski definition) is 11. The van der Waals surface area contributed by atoms with Gasteiger partial charge in [0.05, 0.1) is 33.8 Å². The summed E-state index contributed by atoms with van der Waals surface area (Å²) >= 11 is 1.46. The van der Waals surface area contributed by atoms with Crippen molar-refractivity contribution >= 4 is 39.2 Å². The van der Waals surface area contributed by atoms with Crippen molar-refractivity contribution in [2.24, 2.45) is 11.7 Å². The van der Waals surface area contributed by atoms with Gasteiger partial charge in [-0.2, -0.15) is 4.98 Å². The first-order valence-electron chi connectivity index (χ1n) is 10.6. The van der Waals surface area contributed by atoms with E-state index in [1.165, 1.54) is 11.3 Å². The number of primary amides is 1. The zero-order chi connectivity index (χ0) is 23.9. The van der Waals surface area contributed by atoms with Crippen LogP contribution in [0.5, 0.6) is 0 Å². The fourth-order valence-electron chi connectivity index (χ4n) is 3.98. The van der Waals surface area contributed by atoms with Crippen LogP contribution in [-0.4, -0.2) is 72.1 Å². The molecule has 176 valence electrons. The quantitative estimate of drug-likeness (QED) is 0.284. The molecule has 0 radical (unpaired) electrons. The topological polar surface area (TPSA) is 179 Å². The second-order valence-corrected chi connectivity index (χ2v) is 9.33. The highest BCUT2D eigenvalue weighted by atomic mass is 32.1. The third-order valence-corrected chi connectivity index (χ3v) is 6.96. The van der Waals surface area contributed by atoms with Crippen molar-refractivity contribution < 1.29 is 20.1 Å². The van der Waals surface area contributed by atoms with Crippen LogP contribution in [0.1, 0.15) is 24.7 Å². The molecule has 1 aliphatic rings. The maximum Gasteiger partial charge on any atom is 0.239 e. The number of anilines is 2. The predicted octanol–water partition coefficient (Wildman–Crippen LogP) is 0.565. The molecule has 1 fully saturated rings. The Morgan fingerprint density at radius 1 is 1.24 bits per heavy atom. The van der Waals surface area contributed by atoms with Gasteiger partial charge in [-0.1, -0.05) is 0 Å². The van der Waals surface area contributed by atoms with E-state index in [9.17, 15) is 20.1 Å². The molecular formula is C21H27N7O4S. The molecule has 0 aliphatic heterocycles. The minimum atomic E-state index is -1.09. The number of nitrogens with two attached hydrogens (primary N) is 1. The molecule has 3 aromatic heterocycles. The lowest BCUT2D eigenvalue weighted by molar-refractivity contribution is -0.118. The van der Waals surface area contributed by atoms with Crippen molar-refractivity contribution in [2.75, 3.05) is 17.2 Å². The zero-order valence-corrected chi connectivity index (χ0v) is 19.3. The summed E-state index contributed by atoms with van der Waals surface area (Å²) in [6, 6.07) is 0.640. The Morgan fingerprint density at radius 3 is 2.64 bits per heavy atom. The smallest absolute Gasteiger partial charge is 0.239 e. The Balaban J connectivity index is 1.79. The van der Waals surface area contributed by atoms with Gasteiger partial charge < -0.3 is 31.7 Å². The van der Waals surface area contributed by atoms with Gasteiger partial charge in [-0.25, -0.2) is 9.97 Å². The summed E-state index contributed by atoms with van der Waals surface area (Å²) < 4.78 is 0.962. The van der Waals surface area contributed by atoms with Gasteiger partial charge in [0.2, 0.25) is 11.9 Å². The van der Waals surface area contributed by atoms with Crippen LogP contribution in [0.15, 0.2) is 12.3 Å². The monoisotopic (exact) mass is 473 g/mol. The molecule has 1 saturated carbocycles. The highest BCUT2D eigenvalue weighted by Crippen LogP contribution is 2.38. The number of aryl methyl sites for hydroxylation is 2. The number of aliphatic hydroxyl groups excluding tert-OH is 3. The summed E-state index contributed by atoms with van der Waals surface area (Å²) in [5.74, 6) is -0.423. The highest BCUT2D eigenvalue weighted by Gasteiger charge is 2.41. The summed E-state index contributed by atoms with van der Waals surface area (Å²) in [6.07, 6.45) is -0.0633. The number of aromatic nitrogens is 4. The summed E-state index contributed by atoms with van der Waals surface area (Å²) in [5, 5.41) is 37.1. The summed E-state index contributed by atoms with van der Waals surface area (Å²) in [4.78, 5) is 29.6. The number of thiazole rings is 1. The molecule has 1 aliphatic carbocycles. The van der Waals surface area contributed by atoms with E-state index in [0.29, 0.717) is 28.5 Å². The molecule has 7 N–H and O–H groups in total. The number of amides is 1. The summed E-state index contributed by atoms with van der Waals surface area (Å²) in [7, 11) is 0. The largest absolute Gasteiger partial charge is 0.396 e. The van der Waals surface area contributed by atoms with Crippen LogP contribution < -0.4 is 16.4 Å². The molecule has 0 unspecified atom stereocenters. The maximum absolute atomic E-state index is 11.5. The van der Waals surface area contributed by atoms with Crippen molar-refractivity contribution in [3.05, 3.63) is 23.7 Å². The van der Waals surface area contributed by atoms with E-state index in [0.717, 1.165) is 15.9 Å². The van der Waals surface area contributed by atoms with Gasteiger partial charge in [0.25, 0.3) is 0 Å². The zero-order valence-electron chi connectivity index (χ0n) is 18.5. The molecule has 4 rings (SSSR count). The lowest BCUT2D eigenvalue weighted by Crippen LogP contribution is -2.36. The molecule has 0 saturated heterocycles. The average Bonchev–Trinajstić information content (AvgIpc) is 3.30. The molecular weight excluding hydrogens is 446 g/mol. The molecule has 0 spiro atoms. The summed E-state index contributed by atoms with van der Waals surface area (Å²) in [6.45, 7) is 5.06. The van der Waals surface area contributed by atoms with Crippen LogP contribution in [0, 0.1) is 19.8 Å². The minimum absolute atomic E-state index is 0.191. The first kappa shape index (κ1) is 23.2. The second-order valence-electron chi connectivity index (χ2n) is 8.30. The lowest BCUT2D eigenvalue weighted by atomic mass is 10.1. The molecule has 3 heterocycles. The van der Waals surface area contributed by atoms with Gasteiger partial charge in [0.15, 0.2) is 0 Å². The number of nitrogens with one attached hydrogen (secondary N) is 2. The average molecular weight is 474 g/mol. The number of rotatable bonds is 7. The Labute approximate surface area is 194 Å². The van der Waals surface area contributed by atoms with Gasteiger partial charge >= 0.3 is 0 Å². The van der Waals surface area contributed by atoms with Gasteiger partial charge in [0.1, 0.15) is 28.5 Å². The standard InChI is InChI=1S/C21H27N7O4S/c1-8-14(20-27-15-9(2)23-5-4-13(15)33-20)19(28-21(24-8)25-10(3)18(22)32)26-12-6-11(7-29)16(30)17(12)31/h4-5,10-12,16-17,29-31H,6-7H2,1-3H3,(H2,22,32)(H2,24,25,26,28)/t10-,11-,12-,16-,17+/m1/s1. The van der Waals surface area contributed by atoms with E-state index in [1.54, 1.807) is 20.0 Å². The van der Waals surface area contributed by atoms with Crippen molar-refractivity contribution in [3.8, 4) is 10.6 Å². The van der Waals surface area contributed by atoms with Crippen LogP contribution in [0.25, 0.3) is 20.8 Å². The number of aliphatic hydroxyl groups is 3. The highest BCUT2D eigenvalue weighted by molar-refractivity contribution is 7.21. The number of nitrogens with zero attached hydrogens (tertiary/aromatic N) is 4. The molecule has 3 aromatic rings. The van der Waals surface area contributed by atoms with Crippen molar-refractivity contribution in [1.29, 1.82) is 0 Å². The molecule has 0 bridgehead atoms. The van der Waals surface area contributed by atoms with E-state index >= 15 is 0 Å². The van der Waals surface area contributed by atoms with E-state index in [2.05, 4.69) is 25.6 Å². The predicted molar refractivity (Wildman–Crippen MR) is 125 cm³/mol. The molecule has 0 aromatic carbocycles. The Bertz CT molecular complexity index is 1190. The van der Waals surface area contributed by atoms with Gasteiger partial charge in [0, 0.05) is 18.7 Å². The molecule has 11 nitrogen and oxygen atoms in total. The number of hydrogen-bond donors (Lipinski definition) is 6. The number of carbonyl (C=O) groups excluding carboxylic acids is 1. The van der Waals surface area contributed by atoms with E-state index < -0.39 is 36.1 Å². The lowest BCUT2D eigenvalue weighted by Gasteiger charge is -2.21. The third-order valence-electron chi connectivity index (χ3n) is 5.92. The van der Waals surface area contributed by atoms with Crippen molar-refractivity contribution in [3.63, 3.8) is 0 Å². The van der Waals surface area contributed by atoms with Crippen LogP contribution in [0.3, 0.4) is 0 Å². The first-order chi connectivity index (χ1) is 15.7. The molecule has 5 atom stereocenters. The molecule has 12 heteroatoms. The van der Waals surface area contributed by atoms with Gasteiger partial charge in [-0.15, -0.1) is 11.3 Å². The van der Waals surface area contributed by atoms with E-state index in [4.69, 9.17) is 10.7 Å². The normalized spacial score (nSPS) is 23.6. The van der Waals surface area contributed by atoms with E-state index in [1.807, 2.05) is 13.0 Å². The SMILES string of the molecule is Cc1nc(N[C@H](C)C(N)=O)nc(N[C@@H]2C[C@H](CO)[C@@H](O)[C@H]2O)c1-c1nc2c(C)nccc2s1. The fraction of sp³-hybridized carbons (Fsp3) is 0.476. The summed E-state index contributed by atoms with van der Waals surface area (Å²) in [5.41, 5.74) is 8.19. The van der Waals surface area contributed by atoms with Crippen molar-refractivity contribution in [2.45, 2.75) is 51.5 Å².